The molecule has 0 saturated carbocycles. The van der Waals surface area contributed by atoms with Crippen LogP contribution in [0, 0.1) is 5.82 Å². The second-order valence-corrected chi connectivity index (χ2v) is 9.49. The van der Waals surface area contributed by atoms with E-state index in [4.69, 9.17) is 0 Å². The molecule has 5 rings (SSSR count). The van der Waals surface area contributed by atoms with Gasteiger partial charge in [0, 0.05) is 76.2 Å². The number of carbonyl (C=O) groups is 3. The topological polar surface area (TPSA) is 85.0 Å². The van der Waals surface area contributed by atoms with Crippen molar-refractivity contribution < 1.29 is 23.2 Å². The van der Waals surface area contributed by atoms with Gasteiger partial charge >= 0.3 is 0 Å². The number of carbonyl (C=O) groups excluding carboxylic acids is 3. The Morgan fingerprint density at radius 1 is 1.06 bits per heavy atom. The first-order valence-electron chi connectivity index (χ1n) is 11.7. The lowest BCUT2D eigenvalue weighted by molar-refractivity contribution is -0.136. The summed E-state index contributed by atoms with van der Waals surface area (Å²) >= 11 is 0. The summed E-state index contributed by atoms with van der Waals surface area (Å²) in [6, 6.07) is 2.40. The first-order valence-corrected chi connectivity index (χ1v) is 11.7. The van der Waals surface area contributed by atoms with Crippen molar-refractivity contribution >= 4 is 23.4 Å². The number of hydrogen-bond donors (Lipinski definition) is 2. The molecule has 1 aromatic rings. The first-order chi connectivity index (χ1) is 15.8. The molecule has 2 N–H and O–H groups in total. The van der Waals surface area contributed by atoms with Crippen LogP contribution >= 0.6 is 0 Å². The third-order valence-corrected chi connectivity index (χ3v) is 7.35. The van der Waals surface area contributed by atoms with Crippen molar-refractivity contribution in [2.75, 3.05) is 50.7 Å². The molecule has 4 heterocycles. The number of rotatable bonds is 4. The number of hydrogen-bond acceptors (Lipinski definition) is 6. The van der Waals surface area contributed by atoms with Gasteiger partial charge in [0.15, 0.2) is 5.82 Å². The standard InChI is InChI=1S/C23H29F2N5O3/c24-20-16-13-30(18-3-4-19(31)27-21(18)32)22(33)15(16)1-2-17(20)29-9-5-23(25,6-10-29)14-28-11-7-26-8-12-28/h1-2,18,26H,3-14H2,(H,27,31,32). The van der Waals surface area contributed by atoms with E-state index in [1.807, 2.05) is 4.90 Å². The van der Waals surface area contributed by atoms with E-state index in [0.29, 0.717) is 38.2 Å². The second-order valence-electron chi connectivity index (χ2n) is 9.49. The Hall–Kier alpha value is -2.59. The summed E-state index contributed by atoms with van der Waals surface area (Å²) in [7, 11) is 0. The molecule has 0 bridgehead atoms. The zero-order valence-electron chi connectivity index (χ0n) is 18.5. The van der Waals surface area contributed by atoms with Crippen LogP contribution in [0.4, 0.5) is 14.5 Å². The number of amides is 3. The molecule has 1 aromatic carbocycles. The Bertz CT molecular complexity index is 973. The SMILES string of the molecule is O=C1CCC(N2Cc3c(ccc(N4CCC(F)(CN5CCNCC5)CC4)c3F)C2=O)C(=O)N1. The number of piperidine rings is 2. The summed E-state index contributed by atoms with van der Waals surface area (Å²) in [5, 5.41) is 5.52. The predicted octanol–water partition coefficient (Wildman–Crippen LogP) is 0.800. The molecule has 1 atom stereocenters. The van der Waals surface area contributed by atoms with Crippen LogP contribution in [0.25, 0.3) is 0 Å². The van der Waals surface area contributed by atoms with Gasteiger partial charge in [0.25, 0.3) is 5.91 Å². The zero-order valence-corrected chi connectivity index (χ0v) is 18.5. The monoisotopic (exact) mass is 461 g/mol. The number of halogens is 2. The van der Waals surface area contributed by atoms with Crippen LogP contribution in [0.15, 0.2) is 12.1 Å². The Balaban J connectivity index is 1.27. The molecule has 1 unspecified atom stereocenters. The van der Waals surface area contributed by atoms with Crippen molar-refractivity contribution in [1.82, 2.24) is 20.4 Å². The molecule has 0 aromatic heterocycles. The normalized spacial score (nSPS) is 25.9. The lowest BCUT2D eigenvalue weighted by Gasteiger charge is -2.41. The van der Waals surface area contributed by atoms with Gasteiger partial charge in [-0.25, -0.2) is 8.78 Å². The minimum Gasteiger partial charge on any atom is -0.369 e. The highest BCUT2D eigenvalue weighted by Gasteiger charge is 2.42. The molecule has 33 heavy (non-hydrogen) atoms. The van der Waals surface area contributed by atoms with Gasteiger partial charge in [-0.3, -0.25) is 24.6 Å². The molecule has 3 saturated heterocycles. The number of nitrogens with zero attached hydrogens (tertiary/aromatic N) is 3. The summed E-state index contributed by atoms with van der Waals surface area (Å²) in [5.41, 5.74) is -0.396. The summed E-state index contributed by atoms with van der Waals surface area (Å²) in [6.45, 7) is 4.63. The molecular weight excluding hydrogens is 432 g/mol. The van der Waals surface area contributed by atoms with Gasteiger partial charge in [-0.05, 0) is 18.6 Å². The fraction of sp³-hybridized carbons (Fsp3) is 0.609. The lowest BCUT2D eigenvalue weighted by atomic mass is 9.91. The van der Waals surface area contributed by atoms with E-state index >= 15 is 8.78 Å². The van der Waals surface area contributed by atoms with Gasteiger partial charge in [-0.1, -0.05) is 0 Å². The molecule has 8 nitrogen and oxygen atoms in total. The smallest absolute Gasteiger partial charge is 0.255 e. The average molecular weight is 462 g/mol. The molecule has 3 amide bonds. The molecule has 3 fully saturated rings. The molecule has 178 valence electrons. The minimum absolute atomic E-state index is 0.00992. The number of benzene rings is 1. The van der Waals surface area contributed by atoms with E-state index in [0.717, 1.165) is 26.2 Å². The van der Waals surface area contributed by atoms with E-state index in [1.54, 1.807) is 12.1 Å². The predicted molar refractivity (Wildman–Crippen MR) is 117 cm³/mol. The van der Waals surface area contributed by atoms with E-state index in [1.165, 1.54) is 4.90 Å². The third kappa shape index (κ3) is 4.21. The van der Waals surface area contributed by atoms with E-state index in [-0.39, 0.29) is 36.4 Å². The number of fused-ring (bicyclic) bond motifs is 1. The van der Waals surface area contributed by atoms with Gasteiger partial charge in [0.05, 0.1) is 12.2 Å². The van der Waals surface area contributed by atoms with Crippen LogP contribution in [0.3, 0.4) is 0 Å². The van der Waals surface area contributed by atoms with Crippen molar-refractivity contribution in [2.45, 2.75) is 43.9 Å². The Morgan fingerprint density at radius 3 is 2.48 bits per heavy atom. The van der Waals surface area contributed by atoms with Crippen LogP contribution in [0.1, 0.15) is 41.6 Å². The van der Waals surface area contributed by atoms with Crippen LogP contribution in [0.2, 0.25) is 0 Å². The highest BCUT2D eigenvalue weighted by atomic mass is 19.1. The first kappa shape index (κ1) is 22.2. The van der Waals surface area contributed by atoms with E-state index < -0.39 is 29.3 Å². The second kappa shape index (κ2) is 8.64. The van der Waals surface area contributed by atoms with E-state index in [2.05, 4.69) is 15.5 Å². The summed E-state index contributed by atoms with van der Waals surface area (Å²) in [6.07, 6.45) is 1.04. The lowest BCUT2D eigenvalue weighted by Crippen LogP contribution is -2.52. The fourth-order valence-corrected chi connectivity index (χ4v) is 5.41. The molecule has 0 aliphatic carbocycles. The fourth-order valence-electron chi connectivity index (χ4n) is 5.41. The Morgan fingerprint density at radius 2 is 1.79 bits per heavy atom. The highest BCUT2D eigenvalue weighted by Crippen LogP contribution is 2.36. The minimum atomic E-state index is -1.28. The Labute approximate surface area is 191 Å². The third-order valence-electron chi connectivity index (χ3n) is 7.35. The molecule has 4 aliphatic rings. The van der Waals surface area contributed by atoms with Crippen molar-refractivity contribution in [2.24, 2.45) is 0 Å². The average Bonchev–Trinajstić information content (AvgIpc) is 3.13. The zero-order chi connectivity index (χ0) is 23.2. The summed E-state index contributed by atoms with van der Waals surface area (Å²) in [4.78, 5) is 41.9. The van der Waals surface area contributed by atoms with Crippen molar-refractivity contribution in [3.8, 4) is 0 Å². The van der Waals surface area contributed by atoms with E-state index in [9.17, 15) is 14.4 Å². The van der Waals surface area contributed by atoms with Gasteiger partial charge in [-0.2, -0.15) is 0 Å². The number of alkyl halides is 1. The van der Waals surface area contributed by atoms with Crippen molar-refractivity contribution in [3.63, 3.8) is 0 Å². The number of nitrogens with one attached hydrogen (secondary N) is 2. The van der Waals surface area contributed by atoms with Crippen molar-refractivity contribution in [1.29, 1.82) is 0 Å². The van der Waals surface area contributed by atoms with Gasteiger partial charge < -0.3 is 15.1 Å². The molecule has 10 heteroatoms. The van der Waals surface area contributed by atoms with Crippen LogP contribution in [0.5, 0.6) is 0 Å². The quantitative estimate of drug-likeness (QED) is 0.646. The number of anilines is 1. The van der Waals surface area contributed by atoms with Crippen LogP contribution < -0.4 is 15.5 Å². The molecule has 4 aliphatic heterocycles. The molecule has 0 spiro atoms. The van der Waals surface area contributed by atoms with Crippen molar-refractivity contribution in [3.05, 3.63) is 29.1 Å². The van der Waals surface area contributed by atoms with Crippen LogP contribution in [-0.4, -0.2) is 85.0 Å². The highest BCUT2D eigenvalue weighted by molar-refractivity contribution is 6.05. The molecule has 0 radical (unpaired) electrons. The molecular formula is C23H29F2N5O3. The van der Waals surface area contributed by atoms with Crippen LogP contribution in [-0.2, 0) is 16.1 Å². The van der Waals surface area contributed by atoms with Gasteiger partial charge in [-0.15, -0.1) is 0 Å². The Kier molecular flexibility index (Phi) is 5.82. The number of piperazine rings is 1. The maximum absolute atomic E-state index is 15.5. The van der Waals surface area contributed by atoms with Gasteiger partial charge in [0.1, 0.15) is 11.7 Å². The summed E-state index contributed by atoms with van der Waals surface area (Å²) in [5.74, 6) is -1.76. The largest absolute Gasteiger partial charge is 0.369 e. The maximum atomic E-state index is 15.5. The summed E-state index contributed by atoms with van der Waals surface area (Å²) < 4.78 is 31.0. The number of imide groups is 1. The maximum Gasteiger partial charge on any atom is 0.255 e. The van der Waals surface area contributed by atoms with Gasteiger partial charge in [0.2, 0.25) is 11.8 Å².